The molecule has 0 aliphatic heterocycles. The summed E-state index contributed by atoms with van der Waals surface area (Å²) < 4.78 is 5.51. The summed E-state index contributed by atoms with van der Waals surface area (Å²) in [6, 6.07) is 8.06. The van der Waals surface area contributed by atoms with E-state index >= 15 is 0 Å². The zero-order valence-electron chi connectivity index (χ0n) is 8.73. The van der Waals surface area contributed by atoms with E-state index in [1.54, 1.807) is 0 Å². The second-order valence-electron chi connectivity index (χ2n) is 2.95. The fourth-order valence-corrected chi connectivity index (χ4v) is 1.14. The monoisotopic (exact) mass is 188 g/mol. The number of ether oxygens (including phenoxy) is 1. The zero-order valence-corrected chi connectivity index (χ0v) is 8.73. The Morgan fingerprint density at radius 1 is 1.21 bits per heavy atom. The molecule has 0 N–H and O–H groups in total. The highest BCUT2D eigenvalue weighted by Crippen LogP contribution is 2.14. The number of allylic oxidation sites excluding steroid dienone is 2. The van der Waals surface area contributed by atoms with Crippen LogP contribution in [0.1, 0.15) is 19.4 Å². The van der Waals surface area contributed by atoms with Crippen LogP contribution in [0.3, 0.4) is 0 Å². The van der Waals surface area contributed by atoms with Crippen LogP contribution in [0.5, 0.6) is 5.75 Å². The molecule has 1 aromatic carbocycles. The number of rotatable bonds is 4. The van der Waals surface area contributed by atoms with Gasteiger partial charge in [-0.25, -0.2) is 0 Å². The van der Waals surface area contributed by atoms with E-state index in [0.29, 0.717) is 6.61 Å². The molecule has 0 aromatic heterocycles. The molecule has 0 aliphatic carbocycles. The van der Waals surface area contributed by atoms with E-state index in [-0.39, 0.29) is 0 Å². The highest BCUT2D eigenvalue weighted by Gasteiger charge is 1.92. The second kappa shape index (κ2) is 6.03. The van der Waals surface area contributed by atoms with Gasteiger partial charge in [-0.3, -0.25) is 0 Å². The van der Waals surface area contributed by atoms with Crippen molar-refractivity contribution in [3.63, 3.8) is 0 Å². The van der Waals surface area contributed by atoms with Gasteiger partial charge in [-0.05, 0) is 31.5 Å². The molecule has 1 heteroatoms. The van der Waals surface area contributed by atoms with Gasteiger partial charge in [0.1, 0.15) is 12.4 Å². The Kier molecular flexibility index (Phi) is 4.56. The Labute approximate surface area is 85.7 Å². The SMILES string of the molecule is CC=CCOc1cccc(C=CC)c1. The van der Waals surface area contributed by atoms with Crippen molar-refractivity contribution < 1.29 is 4.74 Å². The standard InChI is InChI=1S/C13H16O/c1-3-5-10-14-13-9-6-8-12(11-13)7-4-2/h3-9,11H,10H2,1-2H3. The summed E-state index contributed by atoms with van der Waals surface area (Å²) in [5.74, 6) is 0.915. The smallest absolute Gasteiger partial charge is 0.120 e. The molecular formula is C13H16O. The predicted molar refractivity (Wildman–Crippen MR) is 61.5 cm³/mol. The van der Waals surface area contributed by atoms with E-state index in [9.17, 15) is 0 Å². The maximum atomic E-state index is 5.51. The predicted octanol–water partition coefficient (Wildman–Crippen LogP) is 3.67. The van der Waals surface area contributed by atoms with Gasteiger partial charge in [-0.1, -0.05) is 36.4 Å². The summed E-state index contributed by atoms with van der Waals surface area (Å²) in [6.07, 6.45) is 8.05. The lowest BCUT2D eigenvalue weighted by atomic mass is 10.2. The van der Waals surface area contributed by atoms with Crippen LogP contribution in [0, 0.1) is 0 Å². The fraction of sp³-hybridized carbons (Fsp3) is 0.231. The van der Waals surface area contributed by atoms with Crippen molar-refractivity contribution in [2.75, 3.05) is 6.61 Å². The third kappa shape index (κ3) is 3.48. The van der Waals surface area contributed by atoms with Crippen LogP contribution in [0.15, 0.2) is 42.5 Å². The van der Waals surface area contributed by atoms with Gasteiger partial charge < -0.3 is 4.74 Å². The lowest BCUT2D eigenvalue weighted by molar-refractivity contribution is 0.362. The van der Waals surface area contributed by atoms with Gasteiger partial charge in [0, 0.05) is 0 Å². The topological polar surface area (TPSA) is 9.23 Å². The van der Waals surface area contributed by atoms with Crippen LogP contribution >= 0.6 is 0 Å². The molecule has 1 aromatic rings. The third-order valence-electron chi connectivity index (χ3n) is 1.80. The van der Waals surface area contributed by atoms with Crippen LogP contribution in [0.25, 0.3) is 6.08 Å². The van der Waals surface area contributed by atoms with Crippen LogP contribution in [-0.4, -0.2) is 6.61 Å². The molecule has 0 amide bonds. The Balaban J connectivity index is 2.63. The van der Waals surface area contributed by atoms with Crippen molar-refractivity contribution in [3.05, 3.63) is 48.1 Å². The van der Waals surface area contributed by atoms with Gasteiger partial charge in [0.25, 0.3) is 0 Å². The van der Waals surface area contributed by atoms with Crippen LogP contribution in [0.4, 0.5) is 0 Å². The van der Waals surface area contributed by atoms with Crippen molar-refractivity contribution in [1.29, 1.82) is 0 Å². The van der Waals surface area contributed by atoms with E-state index in [1.165, 1.54) is 5.56 Å². The van der Waals surface area contributed by atoms with E-state index in [0.717, 1.165) is 5.75 Å². The zero-order chi connectivity index (χ0) is 10.2. The summed E-state index contributed by atoms with van der Waals surface area (Å²) in [5, 5.41) is 0. The minimum absolute atomic E-state index is 0.635. The molecule has 0 fully saturated rings. The number of hydrogen-bond donors (Lipinski definition) is 0. The summed E-state index contributed by atoms with van der Waals surface area (Å²) in [6.45, 7) is 4.63. The maximum Gasteiger partial charge on any atom is 0.120 e. The van der Waals surface area contributed by atoms with Crippen molar-refractivity contribution in [2.45, 2.75) is 13.8 Å². The molecule has 14 heavy (non-hydrogen) atoms. The lowest BCUT2D eigenvalue weighted by Crippen LogP contribution is -1.92. The van der Waals surface area contributed by atoms with E-state index in [2.05, 4.69) is 12.1 Å². The van der Waals surface area contributed by atoms with Gasteiger partial charge in [0.15, 0.2) is 0 Å². The van der Waals surface area contributed by atoms with E-state index in [4.69, 9.17) is 4.74 Å². The Morgan fingerprint density at radius 3 is 2.79 bits per heavy atom. The molecule has 0 atom stereocenters. The molecule has 0 saturated carbocycles. The van der Waals surface area contributed by atoms with Gasteiger partial charge in [-0.15, -0.1) is 0 Å². The molecule has 1 rings (SSSR count). The number of hydrogen-bond acceptors (Lipinski definition) is 1. The van der Waals surface area contributed by atoms with Crippen LogP contribution in [-0.2, 0) is 0 Å². The van der Waals surface area contributed by atoms with Gasteiger partial charge in [0.05, 0.1) is 0 Å². The van der Waals surface area contributed by atoms with E-state index < -0.39 is 0 Å². The largest absolute Gasteiger partial charge is 0.490 e. The summed E-state index contributed by atoms with van der Waals surface area (Å²) in [7, 11) is 0. The molecule has 0 bridgehead atoms. The van der Waals surface area contributed by atoms with Crippen molar-refractivity contribution in [2.24, 2.45) is 0 Å². The molecule has 0 saturated heterocycles. The van der Waals surface area contributed by atoms with Gasteiger partial charge in [-0.2, -0.15) is 0 Å². The normalized spacial score (nSPS) is 11.3. The summed E-state index contributed by atoms with van der Waals surface area (Å²) in [4.78, 5) is 0. The first-order valence-electron chi connectivity index (χ1n) is 4.83. The molecule has 0 heterocycles. The average Bonchev–Trinajstić information content (AvgIpc) is 2.19. The summed E-state index contributed by atoms with van der Waals surface area (Å²) in [5.41, 5.74) is 1.17. The fourth-order valence-electron chi connectivity index (χ4n) is 1.14. The molecular weight excluding hydrogens is 172 g/mol. The average molecular weight is 188 g/mol. The van der Waals surface area contributed by atoms with Gasteiger partial charge >= 0.3 is 0 Å². The Morgan fingerprint density at radius 2 is 2.07 bits per heavy atom. The Hall–Kier alpha value is -1.50. The second-order valence-corrected chi connectivity index (χ2v) is 2.95. The minimum Gasteiger partial charge on any atom is -0.490 e. The van der Waals surface area contributed by atoms with Crippen LogP contribution < -0.4 is 4.74 Å². The first-order chi connectivity index (χ1) is 6.86. The quantitative estimate of drug-likeness (QED) is 0.655. The molecule has 1 nitrogen and oxygen atoms in total. The maximum absolute atomic E-state index is 5.51. The number of benzene rings is 1. The Bertz CT molecular complexity index is 324. The summed E-state index contributed by atoms with van der Waals surface area (Å²) >= 11 is 0. The molecule has 74 valence electrons. The first kappa shape index (κ1) is 10.6. The molecule has 0 aliphatic rings. The van der Waals surface area contributed by atoms with Crippen molar-refractivity contribution in [1.82, 2.24) is 0 Å². The van der Waals surface area contributed by atoms with Crippen LogP contribution in [0.2, 0.25) is 0 Å². The molecule has 0 spiro atoms. The highest BCUT2D eigenvalue weighted by molar-refractivity contribution is 5.51. The highest BCUT2D eigenvalue weighted by atomic mass is 16.5. The third-order valence-corrected chi connectivity index (χ3v) is 1.80. The van der Waals surface area contributed by atoms with Crippen molar-refractivity contribution >= 4 is 6.08 Å². The molecule has 0 radical (unpaired) electrons. The van der Waals surface area contributed by atoms with Gasteiger partial charge in [0.2, 0.25) is 0 Å². The minimum atomic E-state index is 0.635. The van der Waals surface area contributed by atoms with E-state index in [1.807, 2.05) is 50.3 Å². The van der Waals surface area contributed by atoms with Crippen molar-refractivity contribution in [3.8, 4) is 5.75 Å². The molecule has 0 unspecified atom stereocenters. The lowest BCUT2D eigenvalue weighted by Gasteiger charge is -2.03. The first-order valence-corrected chi connectivity index (χ1v) is 4.83.